The molecule has 0 heterocycles. The average molecular weight is 401 g/mol. The highest BCUT2D eigenvalue weighted by Crippen LogP contribution is 2.65. The highest BCUT2D eigenvalue weighted by Gasteiger charge is 2.59. The van der Waals surface area contributed by atoms with Gasteiger partial charge < -0.3 is 4.74 Å². The van der Waals surface area contributed by atoms with Crippen LogP contribution in [0.5, 0.6) is 0 Å². The summed E-state index contributed by atoms with van der Waals surface area (Å²) in [6.45, 7) is 7.05. The fourth-order valence-electron chi connectivity index (χ4n) is 7.62. The lowest BCUT2D eigenvalue weighted by Crippen LogP contribution is -2.51. The summed E-state index contributed by atoms with van der Waals surface area (Å²) in [6.07, 6.45) is 15.9. The number of fused-ring (bicyclic) bond motifs is 5. The Morgan fingerprint density at radius 3 is 2.66 bits per heavy atom. The van der Waals surface area contributed by atoms with Gasteiger partial charge in [0.1, 0.15) is 6.10 Å². The van der Waals surface area contributed by atoms with Crippen LogP contribution in [0, 0.1) is 28.6 Å². The van der Waals surface area contributed by atoms with Gasteiger partial charge in [0.25, 0.3) is 0 Å². The zero-order valence-electron chi connectivity index (χ0n) is 18.8. The van der Waals surface area contributed by atoms with Crippen LogP contribution in [0.25, 0.3) is 0 Å². The zero-order chi connectivity index (χ0) is 20.6. The topological polar surface area (TPSA) is 43.4 Å². The summed E-state index contributed by atoms with van der Waals surface area (Å²) in [7, 11) is 0. The molecule has 0 aromatic rings. The van der Waals surface area contributed by atoms with Crippen molar-refractivity contribution in [2.24, 2.45) is 28.6 Å². The number of hydrogen-bond donors (Lipinski definition) is 0. The quantitative estimate of drug-likeness (QED) is 0.383. The molecule has 0 bridgehead atoms. The number of hydrogen-bond acceptors (Lipinski definition) is 3. The molecule has 3 nitrogen and oxygen atoms in total. The molecule has 4 aliphatic rings. The third-order valence-electron chi connectivity index (χ3n) is 9.38. The lowest BCUT2D eigenvalue weighted by atomic mass is 9.47. The van der Waals surface area contributed by atoms with E-state index in [4.69, 9.17) is 4.74 Å². The molecule has 0 aromatic carbocycles. The fraction of sp³-hybridized carbons (Fsp3) is 0.846. The molecule has 0 radical (unpaired) electrons. The summed E-state index contributed by atoms with van der Waals surface area (Å²) < 4.78 is 6.09. The van der Waals surface area contributed by atoms with E-state index in [0.717, 1.165) is 44.4 Å². The van der Waals surface area contributed by atoms with Crippen molar-refractivity contribution in [3.05, 3.63) is 11.6 Å². The van der Waals surface area contributed by atoms with E-state index in [2.05, 4.69) is 20.8 Å². The van der Waals surface area contributed by atoms with Gasteiger partial charge in [-0.2, -0.15) is 0 Å². The minimum absolute atomic E-state index is 0.0294. The van der Waals surface area contributed by atoms with E-state index in [1.165, 1.54) is 44.1 Å². The van der Waals surface area contributed by atoms with Crippen molar-refractivity contribution in [3.63, 3.8) is 0 Å². The Kier molecular flexibility index (Phi) is 5.97. The van der Waals surface area contributed by atoms with E-state index in [0.29, 0.717) is 24.0 Å². The second-order valence-electron chi connectivity index (χ2n) is 10.9. The van der Waals surface area contributed by atoms with Gasteiger partial charge in [0, 0.05) is 18.3 Å². The molecule has 4 aliphatic carbocycles. The normalized spacial score (nSPS) is 41.2. The SMILES string of the molecule is CCCCCCC(=O)O[C@H]1CC[C@H]2[C@@H]3CCC4=CC(=O)CC[C@]4(C)[C@H]3CC[C@]12C. The third-order valence-corrected chi connectivity index (χ3v) is 9.38. The Morgan fingerprint density at radius 2 is 1.86 bits per heavy atom. The predicted molar refractivity (Wildman–Crippen MR) is 115 cm³/mol. The molecule has 3 saturated carbocycles. The first kappa shape index (κ1) is 21.1. The average Bonchev–Trinajstić information content (AvgIpc) is 3.02. The van der Waals surface area contributed by atoms with E-state index in [1.54, 1.807) is 0 Å². The smallest absolute Gasteiger partial charge is 0.306 e. The lowest BCUT2D eigenvalue weighted by Gasteiger charge is -2.57. The van der Waals surface area contributed by atoms with Crippen LogP contribution in [0.4, 0.5) is 0 Å². The van der Waals surface area contributed by atoms with E-state index in [-0.39, 0.29) is 22.9 Å². The first-order chi connectivity index (χ1) is 13.9. The van der Waals surface area contributed by atoms with Gasteiger partial charge in [-0.05, 0) is 80.6 Å². The van der Waals surface area contributed by atoms with E-state index >= 15 is 0 Å². The van der Waals surface area contributed by atoms with E-state index in [1.807, 2.05) is 6.08 Å². The van der Waals surface area contributed by atoms with Crippen LogP contribution in [0.3, 0.4) is 0 Å². The van der Waals surface area contributed by atoms with Crippen molar-refractivity contribution in [3.8, 4) is 0 Å². The zero-order valence-corrected chi connectivity index (χ0v) is 18.8. The van der Waals surface area contributed by atoms with Crippen molar-refractivity contribution in [2.75, 3.05) is 0 Å². The molecule has 0 spiro atoms. The Labute approximate surface area is 177 Å². The third kappa shape index (κ3) is 3.72. The number of ether oxygens (including phenoxy) is 1. The molecule has 162 valence electrons. The van der Waals surface area contributed by atoms with Crippen molar-refractivity contribution < 1.29 is 14.3 Å². The largest absolute Gasteiger partial charge is 0.462 e. The van der Waals surface area contributed by atoms with Crippen molar-refractivity contribution in [2.45, 2.75) is 110 Å². The summed E-state index contributed by atoms with van der Waals surface area (Å²) >= 11 is 0. The van der Waals surface area contributed by atoms with Gasteiger partial charge in [0.05, 0.1) is 0 Å². The Morgan fingerprint density at radius 1 is 1.03 bits per heavy atom. The molecule has 0 aromatic heterocycles. The predicted octanol–water partition coefficient (Wildman–Crippen LogP) is 6.40. The van der Waals surface area contributed by atoms with Crippen LogP contribution < -0.4 is 0 Å². The maximum absolute atomic E-state index is 12.5. The van der Waals surface area contributed by atoms with Crippen LogP contribution in [0.2, 0.25) is 0 Å². The molecule has 0 unspecified atom stereocenters. The van der Waals surface area contributed by atoms with Crippen LogP contribution >= 0.6 is 0 Å². The number of unbranched alkanes of at least 4 members (excludes halogenated alkanes) is 3. The summed E-state index contributed by atoms with van der Waals surface area (Å²) in [6, 6.07) is 0. The van der Waals surface area contributed by atoms with Gasteiger partial charge in [0.2, 0.25) is 0 Å². The molecule has 4 rings (SSSR count). The van der Waals surface area contributed by atoms with E-state index in [9.17, 15) is 9.59 Å². The number of carbonyl (C=O) groups is 2. The molecule has 0 N–H and O–H groups in total. The molecular formula is C26H40O3. The highest BCUT2D eigenvalue weighted by atomic mass is 16.5. The molecule has 0 aliphatic heterocycles. The van der Waals surface area contributed by atoms with Crippen LogP contribution in [0.1, 0.15) is 104 Å². The highest BCUT2D eigenvalue weighted by molar-refractivity contribution is 5.91. The first-order valence-electron chi connectivity index (χ1n) is 12.3. The van der Waals surface area contributed by atoms with Crippen molar-refractivity contribution in [1.82, 2.24) is 0 Å². The van der Waals surface area contributed by atoms with Gasteiger partial charge in [0.15, 0.2) is 5.78 Å². The molecule has 6 atom stereocenters. The first-order valence-corrected chi connectivity index (χ1v) is 12.3. The summed E-state index contributed by atoms with van der Waals surface area (Å²) in [5.74, 6) is 2.48. The van der Waals surface area contributed by atoms with E-state index < -0.39 is 0 Å². The lowest BCUT2D eigenvalue weighted by molar-refractivity contribution is -0.160. The standard InChI is InChI=1S/C26H40O3/c1-4-5-6-7-8-24(28)29-23-12-11-21-20-10-9-18-17-19(27)13-15-25(18,2)22(20)14-16-26(21,23)3/h17,20-23H,4-16H2,1-3H3/t20-,21-,22-,23-,25-,26-/m0/s1. The second kappa shape index (κ2) is 8.19. The number of allylic oxidation sites excluding steroid dienone is 1. The fourth-order valence-corrected chi connectivity index (χ4v) is 7.62. The van der Waals surface area contributed by atoms with Crippen LogP contribution in [0.15, 0.2) is 11.6 Å². The van der Waals surface area contributed by atoms with Crippen LogP contribution in [-0.2, 0) is 14.3 Å². The molecule has 3 heteroatoms. The van der Waals surface area contributed by atoms with Gasteiger partial charge in [-0.1, -0.05) is 45.6 Å². The Balaban J connectivity index is 1.43. The number of ketones is 1. The summed E-state index contributed by atoms with van der Waals surface area (Å²) in [5, 5.41) is 0. The molecule has 29 heavy (non-hydrogen) atoms. The number of rotatable bonds is 6. The van der Waals surface area contributed by atoms with Crippen LogP contribution in [-0.4, -0.2) is 17.9 Å². The van der Waals surface area contributed by atoms with Gasteiger partial charge >= 0.3 is 5.97 Å². The molecule has 0 amide bonds. The molecule has 3 fully saturated rings. The summed E-state index contributed by atoms with van der Waals surface area (Å²) in [4.78, 5) is 24.5. The monoisotopic (exact) mass is 400 g/mol. The maximum Gasteiger partial charge on any atom is 0.306 e. The minimum Gasteiger partial charge on any atom is -0.462 e. The Bertz CT molecular complexity index is 679. The molecular weight excluding hydrogens is 360 g/mol. The Hall–Kier alpha value is -1.12. The second-order valence-corrected chi connectivity index (χ2v) is 10.9. The maximum atomic E-state index is 12.5. The van der Waals surface area contributed by atoms with Crippen molar-refractivity contribution in [1.29, 1.82) is 0 Å². The van der Waals surface area contributed by atoms with Crippen molar-refractivity contribution >= 4 is 11.8 Å². The summed E-state index contributed by atoms with van der Waals surface area (Å²) in [5.41, 5.74) is 1.82. The minimum atomic E-state index is 0.0294. The van der Waals surface area contributed by atoms with Gasteiger partial charge in [-0.15, -0.1) is 0 Å². The molecule has 0 saturated heterocycles. The van der Waals surface area contributed by atoms with Gasteiger partial charge in [-0.3, -0.25) is 9.59 Å². The number of esters is 1. The van der Waals surface area contributed by atoms with Gasteiger partial charge in [-0.25, -0.2) is 0 Å². The number of carbonyl (C=O) groups excluding carboxylic acids is 2.